The smallest absolute Gasteiger partial charge is 0.870 e. The summed E-state index contributed by atoms with van der Waals surface area (Å²) in [5.41, 5.74) is 0.0278. The topological polar surface area (TPSA) is 72.2 Å². The molecule has 0 saturated heterocycles. The molecule has 0 amide bonds. The van der Waals surface area contributed by atoms with Crippen molar-refractivity contribution >= 4 is 0 Å². The van der Waals surface area contributed by atoms with Crippen molar-refractivity contribution in [1.82, 2.24) is 0 Å². The predicted octanol–water partition coefficient (Wildman–Crippen LogP) is -2.68. The molecule has 58 valence electrons. The van der Waals surface area contributed by atoms with Crippen LogP contribution in [0.5, 0.6) is 0 Å². The second-order valence-corrected chi connectivity index (χ2v) is 1.37. The Kier molecular flexibility index (Phi) is 15.9. The van der Waals surface area contributed by atoms with Crippen molar-refractivity contribution in [3.05, 3.63) is 12.2 Å². The van der Waals surface area contributed by atoms with Crippen LogP contribution in [0.4, 0.5) is 0 Å². The van der Waals surface area contributed by atoms with Crippen molar-refractivity contribution < 1.29 is 44.5 Å². The molecule has 0 aliphatic heterocycles. The molecule has 0 aromatic rings. The number of nitrogens with zero attached hydrogens (tertiary/aromatic N) is 1. The zero-order valence-electron chi connectivity index (χ0n) is 6.87. The molecule has 0 saturated carbocycles. The Morgan fingerprint density at radius 3 is 1.91 bits per heavy atom. The maximum absolute atomic E-state index is 8.20. The van der Waals surface area contributed by atoms with Gasteiger partial charge in [-0.1, -0.05) is 0 Å². The van der Waals surface area contributed by atoms with Gasteiger partial charge in [0.2, 0.25) is 0 Å². The molecule has 0 rings (SSSR count). The molecule has 1 N–H and O–H groups in total. The zero-order chi connectivity index (χ0) is 7.28. The summed E-state index contributed by atoms with van der Waals surface area (Å²) < 4.78 is 9.29. The summed E-state index contributed by atoms with van der Waals surface area (Å²) in [5, 5.41) is 8.20. The molecule has 0 bridgehead atoms. The second kappa shape index (κ2) is 10.1. The number of methoxy groups -OCH3 is 2. The predicted molar refractivity (Wildman–Crippen MR) is 33.2 cm³/mol. The van der Waals surface area contributed by atoms with Gasteiger partial charge in [-0.3, -0.25) is 6.58 Å². The average molecular weight is 166 g/mol. The summed E-state index contributed by atoms with van der Waals surface area (Å²) in [7, 11) is 2.83. The standard InChI is InChI=1S/C6H8NO2.Na.H2O/c1-5(4-7)6(8-2)9-3;;/h1,6H,2-3H3;;1H2/q-1;+1;/p-1. The SMILES string of the molecule is [CH-]=C(C#N)C(OC)OC.[Na+].[OH-]. The van der Waals surface area contributed by atoms with E-state index in [-0.39, 0.29) is 40.6 Å². The molecule has 0 atom stereocenters. The Balaban J connectivity index is -0.000000320. The van der Waals surface area contributed by atoms with Crippen LogP contribution in [0.3, 0.4) is 0 Å². The maximum Gasteiger partial charge on any atom is 1.00 e. The first-order valence-corrected chi connectivity index (χ1v) is 2.34. The zero-order valence-corrected chi connectivity index (χ0v) is 8.87. The van der Waals surface area contributed by atoms with E-state index >= 15 is 0 Å². The van der Waals surface area contributed by atoms with Gasteiger partial charge in [-0.2, -0.15) is 0 Å². The van der Waals surface area contributed by atoms with Gasteiger partial charge in [0.15, 0.2) is 6.29 Å². The largest absolute Gasteiger partial charge is 1.00 e. The minimum absolute atomic E-state index is 0. The monoisotopic (exact) mass is 166 g/mol. The van der Waals surface area contributed by atoms with Crippen LogP contribution in [-0.4, -0.2) is 26.0 Å². The van der Waals surface area contributed by atoms with E-state index in [0.29, 0.717) is 0 Å². The first-order chi connectivity index (χ1) is 4.26. The van der Waals surface area contributed by atoms with Crippen LogP contribution in [0.15, 0.2) is 5.57 Å². The van der Waals surface area contributed by atoms with Crippen molar-refractivity contribution in [2.75, 3.05) is 14.2 Å². The summed E-state index contributed by atoms with van der Waals surface area (Å²) in [4.78, 5) is 0. The molecule has 0 unspecified atom stereocenters. The van der Waals surface area contributed by atoms with Gasteiger partial charge >= 0.3 is 29.6 Å². The maximum atomic E-state index is 8.20. The molecule has 0 aliphatic carbocycles. The molecule has 0 spiro atoms. The number of ether oxygens (including phenoxy) is 2. The number of hydrogen-bond acceptors (Lipinski definition) is 4. The van der Waals surface area contributed by atoms with Gasteiger partial charge in [-0.25, -0.2) is 0 Å². The molecule has 4 nitrogen and oxygen atoms in total. The number of hydrogen-bond donors (Lipinski definition) is 0. The van der Waals surface area contributed by atoms with E-state index in [0.717, 1.165) is 0 Å². The van der Waals surface area contributed by atoms with Crippen LogP contribution in [0.1, 0.15) is 0 Å². The third-order valence-corrected chi connectivity index (χ3v) is 0.811. The van der Waals surface area contributed by atoms with Crippen molar-refractivity contribution in [1.29, 1.82) is 5.26 Å². The average Bonchev–Trinajstić information content (AvgIpc) is 1.90. The first kappa shape index (κ1) is 17.3. The fourth-order valence-electron chi connectivity index (χ4n) is 0.403. The van der Waals surface area contributed by atoms with Gasteiger partial charge < -0.3 is 20.2 Å². The Hall–Kier alpha value is 0.110. The second-order valence-electron chi connectivity index (χ2n) is 1.37. The van der Waals surface area contributed by atoms with Crippen LogP contribution in [-0.2, 0) is 9.47 Å². The minimum Gasteiger partial charge on any atom is -0.870 e. The van der Waals surface area contributed by atoms with Crippen molar-refractivity contribution in [2.45, 2.75) is 6.29 Å². The fourth-order valence-corrected chi connectivity index (χ4v) is 0.403. The summed E-state index contributed by atoms with van der Waals surface area (Å²) in [6.45, 7) is 5.14. The van der Waals surface area contributed by atoms with E-state index in [1.807, 2.05) is 0 Å². The van der Waals surface area contributed by atoms with Gasteiger partial charge in [0, 0.05) is 14.2 Å². The van der Waals surface area contributed by atoms with Crippen LogP contribution < -0.4 is 29.6 Å². The van der Waals surface area contributed by atoms with Gasteiger partial charge in [0.1, 0.15) is 0 Å². The molecule has 0 aliphatic rings. The fraction of sp³-hybridized carbons (Fsp3) is 0.500. The van der Waals surface area contributed by atoms with Crippen molar-refractivity contribution in [3.8, 4) is 6.07 Å². The Bertz CT molecular complexity index is 139. The summed E-state index contributed by atoms with van der Waals surface area (Å²) in [6.07, 6.45) is -0.699. The first-order valence-electron chi connectivity index (χ1n) is 2.34. The Labute approximate surface area is 88.4 Å². The number of rotatable bonds is 3. The van der Waals surface area contributed by atoms with Gasteiger partial charge in [0.25, 0.3) is 0 Å². The van der Waals surface area contributed by atoms with Gasteiger partial charge in [-0.05, 0) is 0 Å². The van der Waals surface area contributed by atoms with Crippen LogP contribution >= 0.6 is 0 Å². The van der Waals surface area contributed by atoms with E-state index in [1.54, 1.807) is 6.07 Å². The quantitative estimate of drug-likeness (QED) is 0.198. The molecular formula is C6H9NNaO3-. The van der Waals surface area contributed by atoms with Crippen LogP contribution in [0.2, 0.25) is 0 Å². The number of nitriles is 1. The van der Waals surface area contributed by atoms with Crippen LogP contribution in [0, 0.1) is 17.9 Å². The molecule has 0 aromatic heterocycles. The van der Waals surface area contributed by atoms with Crippen molar-refractivity contribution in [2.24, 2.45) is 0 Å². The molecule has 0 fully saturated rings. The molecule has 11 heavy (non-hydrogen) atoms. The summed E-state index contributed by atoms with van der Waals surface area (Å²) in [5.74, 6) is 0. The van der Waals surface area contributed by atoms with E-state index in [2.05, 4.69) is 9.47 Å². The van der Waals surface area contributed by atoms with Crippen LogP contribution in [0.25, 0.3) is 0 Å². The molecule has 0 heterocycles. The van der Waals surface area contributed by atoms with E-state index in [4.69, 9.17) is 11.8 Å². The summed E-state index contributed by atoms with van der Waals surface area (Å²) >= 11 is 0. The third-order valence-electron chi connectivity index (χ3n) is 0.811. The molecule has 0 aromatic carbocycles. The third kappa shape index (κ3) is 6.51. The molecule has 0 radical (unpaired) electrons. The molecular weight excluding hydrogens is 157 g/mol. The Morgan fingerprint density at radius 1 is 1.45 bits per heavy atom. The van der Waals surface area contributed by atoms with Gasteiger partial charge in [0.05, 0.1) is 0 Å². The van der Waals surface area contributed by atoms with E-state index in [9.17, 15) is 0 Å². The molecule has 5 heteroatoms. The van der Waals surface area contributed by atoms with Crippen molar-refractivity contribution in [3.63, 3.8) is 0 Å². The minimum atomic E-state index is -0.699. The van der Waals surface area contributed by atoms with E-state index in [1.165, 1.54) is 14.2 Å². The normalized spacial score (nSPS) is 7.45. The Morgan fingerprint density at radius 2 is 1.82 bits per heavy atom. The van der Waals surface area contributed by atoms with Gasteiger partial charge in [-0.15, -0.1) is 11.6 Å². The summed E-state index contributed by atoms with van der Waals surface area (Å²) in [6, 6.07) is 1.71. The van der Waals surface area contributed by atoms with E-state index < -0.39 is 6.29 Å².